The van der Waals surface area contributed by atoms with Crippen molar-refractivity contribution in [2.75, 3.05) is 11.5 Å². The Bertz CT molecular complexity index is 583. The fraction of sp³-hybridized carbons (Fsp3) is 0.385. The Morgan fingerprint density at radius 1 is 1.25 bits per heavy atom. The molecule has 3 rings (SSSR count). The molecule has 1 aromatic heterocycles. The summed E-state index contributed by atoms with van der Waals surface area (Å²) in [7, 11) is 0. The molecule has 0 amide bonds. The Kier molecular flexibility index (Phi) is 4.50. The van der Waals surface area contributed by atoms with Crippen molar-refractivity contribution in [3.8, 4) is 0 Å². The summed E-state index contributed by atoms with van der Waals surface area (Å²) in [6.07, 6.45) is 4.54. The maximum Gasteiger partial charge on any atom is 0.137 e. The van der Waals surface area contributed by atoms with E-state index < -0.39 is 0 Å². The maximum atomic E-state index is 6.44. The van der Waals surface area contributed by atoms with Crippen molar-refractivity contribution < 1.29 is 0 Å². The second-order valence-electron chi connectivity index (χ2n) is 4.52. The second-order valence-corrected chi connectivity index (χ2v) is 8.41. The molecule has 3 nitrogen and oxygen atoms in total. The van der Waals surface area contributed by atoms with Gasteiger partial charge < -0.3 is 0 Å². The van der Waals surface area contributed by atoms with Crippen molar-refractivity contribution in [1.82, 2.24) is 14.8 Å². The van der Waals surface area contributed by atoms with E-state index in [-0.39, 0.29) is 4.08 Å². The highest BCUT2D eigenvalue weighted by molar-refractivity contribution is 8.18. The molecule has 0 radical (unpaired) electrons. The first kappa shape index (κ1) is 14.6. The number of hydrogen-bond acceptors (Lipinski definition) is 4. The number of rotatable bonds is 3. The van der Waals surface area contributed by atoms with Crippen molar-refractivity contribution in [1.29, 1.82) is 0 Å². The summed E-state index contributed by atoms with van der Waals surface area (Å²) in [6.45, 7) is 0.754. The van der Waals surface area contributed by atoms with Crippen LogP contribution in [-0.4, -0.2) is 26.3 Å². The van der Waals surface area contributed by atoms with Gasteiger partial charge in [0.2, 0.25) is 0 Å². The van der Waals surface area contributed by atoms with Gasteiger partial charge in [0.05, 0.1) is 6.54 Å². The van der Waals surface area contributed by atoms with E-state index in [4.69, 9.17) is 23.2 Å². The zero-order valence-corrected chi connectivity index (χ0v) is 13.8. The minimum atomic E-state index is -0.117. The lowest BCUT2D eigenvalue weighted by Gasteiger charge is -2.36. The first-order valence-electron chi connectivity index (χ1n) is 6.25. The number of benzene rings is 1. The van der Waals surface area contributed by atoms with Crippen LogP contribution in [0.3, 0.4) is 0 Å². The molecule has 106 valence electrons. The molecular formula is C13H13Cl2N3S2. The molecule has 1 aliphatic rings. The molecule has 20 heavy (non-hydrogen) atoms. The van der Waals surface area contributed by atoms with Gasteiger partial charge in [-0.15, -0.1) is 23.5 Å². The highest BCUT2D eigenvalue weighted by Crippen LogP contribution is 2.53. The average Bonchev–Trinajstić information content (AvgIpc) is 2.92. The normalized spacial score (nSPS) is 18.1. The Labute approximate surface area is 136 Å². The van der Waals surface area contributed by atoms with Gasteiger partial charge in [0, 0.05) is 10.0 Å². The summed E-state index contributed by atoms with van der Waals surface area (Å²) in [5.41, 5.74) is 1.12. The van der Waals surface area contributed by atoms with Crippen LogP contribution in [0.5, 0.6) is 0 Å². The molecule has 2 heterocycles. The van der Waals surface area contributed by atoms with E-state index in [2.05, 4.69) is 10.1 Å². The second kappa shape index (κ2) is 6.18. The highest BCUT2D eigenvalue weighted by Gasteiger charge is 2.38. The first-order valence-corrected chi connectivity index (χ1v) is 8.98. The number of nitrogens with zero attached hydrogens (tertiary/aromatic N) is 3. The molecule has 0 unspecified atom stereocenters. The Morgan fingerprint density at radius 3 is 2.70 bits per heavy atom. The molecule has 0 N–H and O–H groups in total. The van der Waals surface area contributed by atoms with Gasteiger partial charge in [-0.25, -0.2) is 4.98 Å². The third-order valence-electron chi connectivity index (χ3n) is 3.14. The van der Waals surface area contributed by atoms with Gasteiger partial charge in [0.25, 0.3) is 0 Å². The fourth-order valence-electron chi connectivity index (χ4n) is 2.23. The first-order chi connectivity index (χ1) is 9.70. The summed E-state index contributed by atoms with van der Waals surface area (Å²) in [4.78, 5) is 4.03. The smallest absolute Gasteiger partial charge is 0.137 e. The Morgan fingerprint density at radius 2 is 2.05 bits per heavy atom. The lowest BCUT2D eigenvalue weighted by Crippen LogP contribution is -2.29. The highest BCUT2D eigenvalue weighted by atomic mass is 35.5. The van der Waals surface area contributed by atoms with Crippen LogP contribution in [0.1, 0.15) is 12.0 Å². The predicted molar refractivity (Wildman–Crippen MR) is 87.7 cm³/mol. The summed E-state index contributed by atoms with van der Waals surface area (Å²) in [5, 5.41) is 5.63. The van der Waals surface area contributed by atoms with Gasteiger partial charge in [-0.2, -0.15) is 5.10 Å². The van der Waals surface area contributed by atoms with E-state index in [1.807, 2.05) is 46.4 Å². The average molecular weight is 346 g/mol. The van der Waals surface area contributed by atoms with E-state index in [0.29, 0.717) is 5.02 Å². The van der Waals surface area contributed by atoms with Crippen molar-refractivity contribution in [3.05, 3.63) is 46.5 Å². The molecule has 0 atom stereocenters. The van der Waals surface area contributed by atoms with Crippen molar-refractivity contribution in [2.45, 2.75) is 17.0 Å². The van der Waals surface area contributed by atoms with Gasteiger partial charge in [0.1, 0.15) is 16.7 Å². The van der Waals surface area contributed by atoms with E-state index >= 15 is 0 Å². The van der Waals surface area contributed by atoms with Crippen LogP contribution in [0.2, 0.25) is 10.0 Å². The summed E-state index contributed by atoms with van der Waals surface area (Å²) in [5.74, 6) is 2.25. The third-order valence-corrected chi connectivity index (χ3v) is 7.01. The van der Waals surface area contributed by atoms with Crippen LogP contribution in [0.15, 0.2) is 30.9 Å². The molecule has 1 fully saturated rings. The summed E-state index contributed by atoms with van der Waals surface area (Å²) in [6, 6.07) is 5.76. The molecule has 0 bridgehead atoms. The number of aromatic nitrogens is 3. The molecule has 2 aromatic rings. The fourth-order valence-corrected chi connectivity index (χ4v) is 6.28. The van der Waals surface area contributed by atoms with Crippen LogP contribution < -0.4 is 0 Å². The SMILES string of the molecule is Clc1ccc(C2(Cn3cncn3)SCCCS2)c(Cl)c1. The molecule has 0 aliphatic carbocycles. The molecule has 0 spiro atoms. The standard InChI is InChI=1S/C13H13Cl2N3S2/c14-10-2-3-11(12(15)6-10)13(19-4-1-5-20-13)7-18-9-16-8-17-18/h2-3,6,8-9H,1,4-5,7H2. The monoisotopic (exact) mass is 345 g/mol. The Hall–Kier alpha value is -0.360. The van der Waals surface area contributed by atoms with E-state index in [1.54, 1.807) is 12.7 Å². The molecule has 1 aromatic carbocycles. The van der Waals surface area contributed by atoms with E-state index in [0.717, 1.165) is 28.6 Å². The Balaban J connectivity index is 2.00. The van der Waals surface area contributed by atoms with Crippen molar-refractivity contribution in [2.24, 2.45) is 0 Å². The topological polar surface area (TPSA) is 30.7 Å². The van der Waals surface area contributed by atoms with Gasteiger partial charge in [-0.1, -0.05) is 29.3 Å². The molecule has 0 saturated carbocycles. The van der Waals surface area contributed by atoms with E-state index in [9.17, 15) is 0 Å². The van der Waals surface area contributed by atoms with Gasteiger partial charge >= 0.3 is 0 Å². The maximum absolute atomic E-state index is 6.44. The van der Waals surface area contributed by atoms with Crippen molar-refractivity contribution in [3.63, 3.8) is 0 Å². The van der Waals surface area contributed by atoms with Gasteiger partial charge in [-0.05, 0) is 35.6 Å². The molecular weight excluding hydrogens is 333 g/mol. The number of thioether (sulfide) groups is 2. The summed E-state index contributed by atoms with van der Waals surface area (Å²) >= 11 is 16.3. The lowest BCUT2D eigenvalue weighted by molar-refractivity contribution is 0.577. The van der Waals surface area contributed by atoms with E-state index in [1.165, 1.54) is 6.42 Å². The summed E-state index contributed by atoms with van der Waals surface area (Å²) < 4.78 is 1.75. The van der Waals surface area contributed by atoms with Gasteiger partial charge in [0.15, 0.2) is 0 Å². The minimum absolute atomic E-state index is 0.117. The zero-order chi connectivity index (χ0) is 14.0. The van der Waals surface area contributed by atoms with Crippen LogP contribution in [0, 0.1) is 0 Å². The lowest BCUT2D eigenvalue weighted by atomic mass is 10.1. The molecule has 7 heteroatoms. The molecule has 1 aliphatic heterocycles. The van der Waals surface area contributed by atoms with Crippen molar-refractivity contribution >= 4 is 46.7 Å². The largest absolute Gasteiger partial charge is 0.250 e. The zero-order valence-electron chi connectivity index (χ0n) is 10.6. The third kappa shape index (κ3) is 2.96. The number of halogens is 2. The predicted octanol–water partition coefficient (Wildman–Crippen LogP) is 4.31. The van der Waals surface area contributed by atoms with Crippen LogP contribution in [0.4, 0.5) is 0 Å². The van der Waals surface area contributed by atoms with Crippen LogP contribution in [-0.2, 0) is 10.6 Å². The van der Waals surface area contributed by atoms with Gasteiger partial charge in [-0.3, -0.25) is 4.68 Å². The van der Waals surface area contributed by atoms with Crippen LogP contribution in [0.25, 0.3) is 0 Å². The van der Waals surface area contributed by atoms with Crippen LogP contribution >= 0.6 is 46.7 Å². The minimum Gasteiger partial charge on any atom is -0.250 e. The molecule has 1 saturated heterocycles. The quantitative estimate of drug-likeness (QED) is 0.829. The number of hydrogen-bond donors (Lipinski definition) is 0.